The second kappa shape index (κ2) is 8.05. The Kier molecular flexibility index (Phi) is 7.69. The highest BCUT2D eigenvalue weighted by Crippen LogP contribution is 2.07. The molecule has 5 N–H and O–H groups in total. The summed E-state index contributed by atoms with van der Waals surface area (Å²) in [6.07, 6.45) is 7.89. The van der Waals surface area contributed by atoms with Gasteiger partial charge < -0.3 is 11.5 Å². The van der Waals surface area contributed by atoms with E-state index in [0.29, 0.717) is 11.9 Å². The second-order valence-corrected chi connectivity index (χ2v) is 3.81. The molecule has 0 radical (unpaired) electrons. The van der Waals surface area contributed by atoms with Crippen molar-refractivity contribution < 1.29 is 0 Å². The topological polar surface area (TPSA) is 75.9 Å². The molecule has 0 amide bonds. The van der Waals surface area contributed by atoms with Crippen LogP contribution >= 0.6 is 0 Å². The van der Waals surface area contributed by atoms with Gasteiger partial charge in [0.05, 0.1) is 5.84 Å². The largest absolute Gasteiger partial charge is 0.388 e. The number of hydrogen-bond donors (Lipinski definition) is 3. The van der Waals surface area contributed by atoms with E-state index in [9.17, 15) is 0 Å². The van der Waals surface area contributed by atoms with Crippen LogP contribution in [0.1, 0.15) is 51.9 Å². The van der Waals surface area contributed by atoms with Crippen molar-refractivity contribution in [1.29, 1.82) is 5.41 Å². The van der Waals surface area contributed by atoms with Gasteiger partial charge in [0, 0.05) is 12.5 Å². The number of unbranched alkanes of at least 4 members (excludes halogenated alkanes) is 4. The van der Waals surface area contributed by atoms with Crippen LogP contribution in [0.4, 0.5) is 0 Å². The second-order valence-electron chi connectivity index (χ2n) is 3.81. The highest BCUT2D eigenvalue weighted by Gasteiger charge is 1.95. The van der Waals surface area contributed by atoms with Gasteiger partial charge in [-0.1, -0.05) is 25.7 Å². The van der Waals surface area contributed by atoms with Gasteiger partial charge in [-0.2, -0.15) is 0 Å². The predicted molar refractivity (Wildman–Crippen MR) is 57.9 cm³/mol. The van der Waals surface area contributed by atoms with Gasteiger partial charge in [0.2, 0.25) is 0 Å². The summed E-state index contributed by atoms with van der Waals surface area (Å²) >= 11 is 0. The molecule has 0 saturated carbocycles. The minimum absolute atomic E-state index is 0.315. The Morgan fingerprint density at radius 3 is 2.23 bits per heavy atom. The summed E-state index contributed by atoms with van der Waals surface area (Å²) in [5, 5.41) is 7.03. The van der Waals surface area contributed by atoms with Crippen LogP contribution in [0.25, 0.3) is 0 Å². The molecule has 0 aromatic carbocycles. The third kappa shape index (κ3) is 11.4. The molecule has 1 unspecified atom stereocenters. The number of amidine groups is 1. The van der Waals surface area contributed by atoms with Crippen LogP contribution in [0.3, 0.4) is 0 Å². The molecule has 0 rings (SSSR count). The number of nitrogens with one attached hydrogen (secondary N) is 1. The first-order valence-electron chi connectivity index (χ1n) is 5.21. The molecular weight excluding hydrogens is 162 g/mol. The van der Waals surface area contributed by atoms with E-state index in [-0.39, 0.29) is 0 Å². The molecule has 0 aromatic rings. The maximum absolute atomic E-state index is 7.03. The quantitative estimate of drug-likeness (QED) is 0.307. The van der Waals surface area contributed by atoms with Crippen molar-refractivity contribution in [3.8, 4) is 0 Å². The van der Waals surface area contributed by atoms with Crippen molar-refractivity contribution in [3.05, 3.63) is 0 Å². The third-order valence-electron chi connectivity index (χ3n) is 2.11. The van der Waals surface area contributed by atoms with E-state index < -0.39 is 0 Å². The van der Waals surface area contributed by atoms with E-state index >= 15 is 0 Å². The van der Waals surface area contributed by atoms with Crippen LogP contribution in [0.2, 0.25) is 0 Å². The van der Waals surface area contributed by atoms with Crippen molar-refractivity contribution in [2.45, 2.75) is 57.9 Å². The number of rotatable bonds is 8. The average Bonchev–Trinajstić information content (AvgIpc) is 2.01. The fourth-order valence-electron chi connectivity index (χ4n) is 1.31. The van der Waals surface area contributed by atoms with Crippen LogP contribution in [-0.2, 0) is 0 Å². The molecule has 3 nitrogen and oxygen atoms in total. The molecule has 0 spiro atoms. The Morgan fingerprint density at radius 2 is 1.69 bits per heavy atom. The Hall–Kier alpha value is -0.570. The van der Waals surface area contributed by atoms with Gasteiger partial charge in [0.15, 0.2) is 0 Å². The number of nitrogens with two attached hydrogens (primary N) is 2. The molecule has 13 heavy (non-hydrogen) atoms. The highest BCUT2D eigenvalue weighted by molar-refractivity contribution is 5.76. The zero-order valence-electron chi connectivity index (χ0n) is 8.68. The summed E-state index contributed by atoms with van der Waals surface area (Å²) in [6, 6.07) is 0.345. The van der Waals surface area contributed by atoms with Crippen LogP contribution in [0.5, 0.6) is 0 Å². The lowest BCUT2D eigenvalue weighted by molar-refractivity contribution is 0.559. The van der Waals surface area contributed by atoms with Crippen LogP contribution in [0, 0.1) is 5.41 Å². The SMILES string of the molecule is CC(N)CCCCCCCC(=N)N. The van der Waals surface area contributed by atoms with E-state index in [4.69, 9.17) is 16.9 Å². The van der Waals surface area contributed by atoms with Crippen molar-refractivity contribution in [2.24, 2.45) is 11.5 Å². The van der Waals surface area contributed by atoms with Crippen LogP contribution in [-0.4, -0.2) is 11.9 Å². The summed E-state index contributed by atoms with van der Waals surface area (Å²) in [7, 11) is 0. The van der Waals surface area contributed by atoms with Crippen molar-refractivity contribution >= 4 is 5.84 Å². The fourth-order valence-corrected chi connectivity index (χ4v) is 1.31. The first-order chi connectivity index (χ1) is 6.13. The summed E-state index contributed by atoms with van der Waals surface area (Å²) < 4.78 is 0. The first kappa shape index (κ1) is 12.4. The van der Waals surface area contributed by atoms with Gasteiger partial charge in [-0.15, -0.1) is 0 Å². The Bertz CT molecular complexity index is 132. The minimum atomic E-state index is 0.315. The van der Waals surface area contributed by atoms with Gasteiger partial charge >= 0.3 is 0 Å². The fraction of sp³-hybridized carbons (Fsp3) is 0.900. The lowest BCUT2D eigenvalue weighted by Gasteiger charge is -2.04. The van der Waals surface area contributed by atoms with Gasteiger partial charge in [0.25, 0.3) is 0 Å². The lowest BCUT2D eigenvalue weighted by Crippen LogP contribution is -2.13. The molecule has 0 bridgehead atoms. The van der Waals surface area contributed by atoms with Gasteiger partial charge in [0.1, 0.15) is 0 Å². The van der Waals surface area contributed by atoms with E-state index in [1.165, 1.54) is 25.7 Å². The molecule has 0 fully saturated rings. The molecule has 78 valence electrons. The van der Waals surface area contributed by atoms with Gasteiger partial charge in [-0.25, -0.2) is 0 Å². The normalized spacial score (nSPS) is 12.8. The average molecular weight is 185 g/mol. The summed E-state index contributed by atoms with van der Waals surface area (Å²) in [5.41, 5.74) is 10.9. The molecule has 0 heterocycles. The Balaban J connectivity index is 2.96. The molecule has 0 aliphatic rings. The third-order valence-corrected chi connectivity index (χ3v) is 2.11. The summed E-state index contributed by atoms with van der Waals surface area (Å²) in [6.45, 7) is 2.05. The summed E-state index contributed by atoms with van der Waals surface area (Å²) in [5.74, 6) is 0.315. The van der Waals surface area contributed by atoms with Crippen LogP contribution < -0.4 is 11.5 Å². The molecule has 3 heteroatoms. The summed E-state index contributed by atoms with van der Waals surface area (Å²) in [4.78, 5) is 0. The van der Waals surface area contributed by atoms with Gasteiger partial charge in [-0.3, -0.25) is 5.41 Å². The van der Waals surface area contributed by atoms with E-state index in [2.05, 4.69) is 6.92 Å². The minimum Gasteiger partial charge on any atom is -0.388 e. The lowest BCUT2D eigenvalue weighted by atomic mass is 10.1. The molecule has 0 aliphatic heterocycles. The predicted octanol–water partition coefficient (Wildman–Crippen LogP) is 2.00. The van der Waals surface area contributed by atoms with Crippen molar-refractivity contribution in [1.82, 2.24) is 0 Å². The molecule has 1 atom stereocenters. The zero-order valence-corrected chi connectivity index (χ0v) is 8.68. The van der Waals surface area contributed by atoms with Gasteiger partial charge in [-0.05, 0) is 19.8 Å². The monoisotopic (exact) mass is 185 g/mol. The molecule has 0 aliphatic carbocycles. The Morgan fingerprint density at radius 1 is 1.15 bits per heavy atom. The highest BCUT2D eigenvalue weighted by atomic mass is 14.7. The van der Waals surface area contributed by atoms with Crippen molar-refractivity contribution in [2.75, 3.05) is 0 Å². The smallest absolute Gasteiger partial charge is 0.0905 e. The van der Waals surface area contributed by atoms with Crippen molar-refractivity contribution in [3.63, 3.8) is 0 Å². The first-order valence-corrected chi connectivity index (χ1v) is 5.21. The Labute approximate surface area is 81.4 Å². The van der Waals surface area contributed by atoms with E-state index in [1.807, 2.05) is 0 Å². The van der Waals surface area contributed by atoms with E-state index in [1.54, 1.807) is 0 Å². The molecule has 0 saturated heterocycles. The molecule has 0 aromatic heterocycles. The maximum atomic E-state index is 7.03. The van der Waals surface area contributed by atoms with Crippen LogP contribution in [0.15, 0.2) is 0 Å². The molecular formula is C10H23N3. The number of hydrogen-bond acceptors (Lipinski definition) is 2. The maximum Gasteiger partial charge on any atom is 0.0905 e. The van der Waals surface area contributed by atoms with E-state index in [0.717, 1.165) is 19.3 Å². The standard InChI is InChI=1S/C10H23N3/c1-9(11)7-5-3-2-4-6-8-10(12)13/h9H,2-8,11H2,1H3,(H3,12,13). The zero-order chi connectivity index (χ0) is 10.1.